The van der Waals surface area contributed by atoms with Gasteiger partial charge in [0.2, 0.25) is 0 Å². The van der Waals surface area contributed by atoms with Crippen molar-refractivity contribution in [3.8, 4) is 0 Å². The molecule has 2 atom stereocenters. The zero-order valence-electron chi connectivity index (χ0n) is 12.1. The third-order valence-corrected chi connectivity index (χ3v) is 3.97. The summed E-state index contributed by atoms with van der Waals surface area (Å²) in [6.07, 6.45) is 1.82. The molecule has 1 saturated heterocycles. The highest BCUT2D eigenvalue weighted by Gasteiger charge is 2.26. The van der Waals surface area contributed by atoms with Crippen LogP contribution in [0.15, 0.2) is 16.7 Å². The summed E-state index contributed by atoms with van der Waals surface area (Å²) in [4.78, 5) is 2.51. The van der Waals surface area contributed by atoms with Gasteiger partial charge in [-0.15, -0.1) is 0 Å². The van der Waals surface area contributed by atoms with Crippen LogP contribution in [0.5, 0.6) is 0 Å². The smallest absolute Gasteiger partial charge is 0.122 e. The highest BCUT2D eigenvalue weighted by molar-refractivity contribution is 5.17. The van der Waals surface area contributed by atoms with Gasteiger partial charge in [-0.3, -0.25) is 4.90 Å². The van der Waals surface area contributed by atoms with Crippen molar-refractivity contribution in [3.05, 3.63) is 23.7 Å². The van der Waals surface area contributed by atoms with Crippen LogP contribution in [0.25, 0.3) is 0 Å². The Morgan fingerprint density at radius 3 is 2.61 bits per heavy atom. The Morgan fingerprint density at radius 1 is 1.33 bits per heavy atom. The van der Waals surface area contributed by atoms with Gasteiger partial charge < -0.3 is 9.73 Å². The molecule has 1 N–H and O–H groups in total. The van der Waals surface area contributed by atoms with E-state index in [0.29, 0.717) is 6.04 Å². The molecule has 0 spiro atoms. The van der Waals surface area contributed by atoms with Crippen LogP contribution in [-0.4, -0.2) is 24.0 Å². The molecule has 0 saturated carbocycles. The lowest BCUT2D eigenvalue weighted by atomic mass is 10.0. The first kappa shape index (κ1) is 13.6. The van der Waals surface area contributed by atoms with Crippen molar-refractivity contribution in [2.24, 2.45) is 11.8 Å². The van der Waals surface area contributed by atoms with Crippen molar-refractivity contribution in [1.82, 2.24) is 10.2 Å². The van der Waals surface area contributed by atoms with Crippen LogP contribution in [0.3, 0.4) is 0 Å². The Hall–Kier alpha value is -0.800. The summed E-state index contributed by atoms with van der Waals surface area (Å²) in [5.41, 5.74) is 1.30. The lowest BCUT2D eigenvalue weighted by Crippen LogP contribution is -2.24. The highest BCUT2D eigenvalue weighted by Crippen LogP contribution is 2.24. The Kier molecular flexibility index (Phi) is 4.46. The lowest BCUT2D eigenvalue weighted by molar-refractivity contribution is 0.283. The maximum absolute atomic E-state index is 5.65. The molecule has 1 aliphatic rings. The first-order valence-corrected chi connectivity index (χ1v) is 7.07. The van der Waals surface area contributed by atoms with Gasteiger partial charge in [0.05, 0.1) is 12.8 Å². The highest BCUT2D eigenvalue weighted by atomic mass is 16.3. The van der Waals surface area contributed by atoms with E-state index in [2.05, 4.69) is 44.0 Å². The van der Waals surface area contributed by atoms with Crippen LogP contribution in [0.4, 0.5) is 0 Å². The molecule has 0 radical (unpaired) electrons. The third kappa shape index (κ3) is 3.36. The van der Waals surface area contributed by atoms with Gasteiger partial charge in [0.25, 0.3) is 0 Å². The minimum absolute atomic E-state index is 0.514. The van der Waals surface area contributed by atoms with Crippen molar-refractivity contribution in [1.29, 1.82) is 0 Å². The molecule has 0 aliphatic carbocycles. The molecular formula is C15H26N2O. The average Bonchev–Trinajstić information content (AvgIpc) is 2.85. The second-order valence-corrected chi connectivity index (χ2v) is 6.05. The summed E-state index contributed by atoms with van der Waals surface area (Å²) in [5.74, 6) is 2.74. The molecule has 1 aromatic rings. The monoisotopic (exact) mass is 250 g/mol. The number of nitrogens with zero attached hydrogens (tertiary/aromatic N) is 1. The zero-order valence-corrected chi connectivity index (χ0v) is 12.1. The van der Waals surface area contributed by atoms with Crippen molar-refractivity contribution in [2.75, 3.05) is 13.1 Å². The number of hydrogen-bond donors (Lipinski definition) is 1. The average molecular weight is 250 g/mol. The minimum atomic E-state index is 0.514. The van der Waals surface area contributed by atoms with Gasteiger partial charge >= 0.3 is 0 Å². The van der Waals surface area contributed by atoms with E-state index in [1.165, 1.54) is 18.7 Å². The van der Waals surface area contributed by atoms with Crippen molar-refractivity contribution >= 4 is 0 Å². The fourth-order valence-corrected chi connectivity index (χ4v) is 2.56. The summed E-state index contributed by atoms with van der Waals surface area (Å²) >= 11 is 0. The topological polar surface area (TPSA) is 28.4 Å². The van der Waals surface area contributed by atoms with E-state index in [-0.39, 0.29) is 0 Å². The van der Waals surface area contributed by atoms with E-state index in [9.17, 15) is 0 Å². The Bertz CT molecular complexity index is 362. The van der Waals surface area contributed by atoms with E-state index in [1.807, 2.05) is 6.26 Å². The van der Waals surface area contributed by atoms with Gasteiger partial charge in [0, 0.05) is 31.2 Å². The van der Waals surface area contributed by atoms with Gasteiger partial charge in [-0.1, -0.05) is 27.7 Å². The van der Waals surface area contributed by atoms with Crippen molar-refractivity contribution < 1.29 is 4.42 Å². The molecule has 1 aromatic heterocycles. The van der Waals surface area contributed by atoms with Crippen LogP contribution in [-0.2, 0) is 13.1 Å². The summed E-state index contributed by atoms with van der Waals surface area (Å²) in [6.45, 7) is 13.3. The fraction of sp³-hybridized carbons (Fsp3) is 0.733. The van der Waals surface area contributed by atoms with Crippen molar-refractivity contribution in [2.45, 2.75) is 46.8 Å². The second-order valence-electron chi connectivity index (χ2n) is 6.05. The van der Waals surface area contributed by atoms with E-state index in [0.717, 1.165) is 30.7 Å². The number of rotatable bonds is 5. The second kappa shape index (κ2) is 5.89. The Labute approximate surface area is 111 Å². The molecule has 1 aliphatic heterocycles. The molecule has 0 aromatic carbocycles. The Morgan fingerprint density at radius 2 is 2.00 bits per heavy atom. The van der Waals surface area contributed by atoms with Gasteiger partial charge in [-0.05, 0) is 17.9 Å². The quantitative estimate of drug-likeness (QED) is 0.871. The number of hydrogen-bond acceptors (Lipinski definition) is 3. The van der Waals surface area contributed by atoms with E-state index >= 15 is 0 Å². The maximum Gasteiger partial charge on any atom is 0.122 e. The molecule has 18 heavy (non-hydrogen) atoms. The first-order chi connectivity index (χ1) is 8.56. The molecular weight excluding hydrogens is 224 g/mol. The van der Waals surface area contributed by atoms with Gasteiger partial charge in [-0.2, -0.15) is 0 Å². The summed E-state index contributed by atoms with van der Waals surface area (Å²) in [5, 5.41) is 3.45. The Balaban J connectivity index is 1.91. The standard InChI is InChI=1S/C15H26N2O/c1-11(2)16-7-14-5-6-18-15(14)10-17-8-12(3)13(4)9-17/h5-6,11-13,16H,7-10H2,1-4H3. The van der Waals surface area contributed by atoms with Gasteiger partial charge in [0.15, 0.2) is 0 Å². The molecule has 0 bridgehead atoms. The summed E-state index contributed by atoms with van der Waals surface area (Å²) in [6, 6.07) is 2.60. The van der Waals surface area contributed by atoms with E-state index < -0.39 is 0 Å². The number of furan rings is 1. The first-order valence-electron chi connectivity index (χ1n) is 7.07. The van der Waals surface area contributed by atoms with Crippen molar-refractivity contribution in [3.63, 3.8) is 0 Å². The summed E-state index contributed by atoms with van der Waals surface area (Å²) in [7, 11) is 0. The molecule has 1 fully saturated rings. The third-order valence-electron chi connectivity index (χ3n) is 3.97. The molecule has 2 heterocycles. The summed E-state index contributed by atoms with van der Waals surface area (Å²) < 4.78 is 5.65. The number of nitrogens with one attached hydrogen (secondary N) is 1. The number of likely N-dealkylation sites (tertiary alicyclic amines) is 1. The lowest BCUT2D eigenvalue weighted by Gasteiger charge is -2.15. The van der Waals surface area contributed by atoms with E-state index in [1.54, 1.807) is 0 Å². The van der Waals surface area contributed by atoms with Gasteiger partial charge in [0.1, 0.15) is 5.76 Å². The molecule has 3 heteroatoms. The van der Waals surface area contributed by atoms with Crippen LogP contribution >= 0.6 is 0 Å². The largest absolute Gasteiger partial charge is 0.468 e. The van der Waals surface area contributed by atoms with Gasteiger partial charge in [-0.25, -0.2) is 0 Å². The zero-order chi connectivity index (χ0) is 13.1. The SMILES string of the molecule is CC(C)NCc1ccoc1CN1CC(C)C(C)C1. The van der Waals surface area contributed by atoms with Crippen LogP contribution < -0.4 is 5.32 Å². The molecule has 3 nitrogen and oxygen atoms in total. The van der Waals surface area contributed by atoms with Crippen LogP contribution in [0, 0.1) is 11.8 Å². The van der Waals surface area contributed by atoms with Crippen LogP contribution in [0.2, 0.25) is 0 Å². The van der Waals surface area contributed by atoms with Crippen LogP contribution in [0.1, 0.15) is 39.0 Å². The van der Waals surface area contributed by atoms with E-state index in [4.69, 9.17) is 4.42 Å². The fourth-order valence-electron chi connectivity index (χ4n) is 2.56. The normalized spacial score (nSPS) is 25.2. The molecule has 2 unspecified atom stereocenters. The molecule has 0 amide bonds. The molecule has 102 valence electrons. The predicted octanol–water partition coefficient (Wildman–Crippen LogP) is 2.87. The predicted molar refractivity (Wildman–Crippen MR) is 74.3 cm³/mol. The maximum atomic E-state index is 5.65. The minimum Gasteiger partial charge on any atom is -0.468 e. The molecule has 2 rings (SSSR count).